The monoisotopic (exact) mass is 294 g/mol. The van der Waals surface area contributed by atoms with Crippen molar-refractivity contribution in [2.24, 2.45) is 11.7 Å². The Morgan fingerprint density at radius 3 is 2.67 bits per heavy atom. The number of halogens is 1. The van der Waals surface area contributed by atoms with E-state index < -0.39 is 11.7 Å². The van der Waals surface area contributed by atoms with Gasteiger partial charge >= 0.3 is 6.09 Å². The Morgan fingerprint density at radius 1 is 1.43 bits per heavy atom. The van der Waals surface area contributed by atoms with E-state index in [1.165, 1.54) is 6.07 Å². The number of likely N-dealkylation sites (tertiary alicyclic amines) is 1. The summed E-state index contributed by atoms with van der Waals surface area (Å²) in [5.41, 5.74) is 5.74. The SMILES string of the molecule is CC(C)(C)OC(=O)N1CCC(CN)C1c1ccccc1F. The molecule has 0 spiro atoms. The Labute approximate surface area is 125 Å². The van der Waals surface area contributed by atoms with Crippen molar-refractivity contribution in [3.8, 4) is 0 Å². The second-order valence-electron chi connectivity index (χ2n) is 6.42. The van der Waals surface area contributed by atoms with Crippen molar-refractivity contribution in [2.45, 2.75) is 38.8 Å². The van der Waals surface area contributed by atoms with Crippen LogP contribution in [0.1, 0.15) is 38.8 Å². The van der Waals surface area contributed by atoms with Crippen molar-refractivity contribution in [3.63, 3.8) is 0 Å². The van der Waals surface area contributed by atoms with Gasteiger partial charge in [-0.2, -0.15) is 0 Å². The first-order valence-electron chi connectivity index (χ1n) is 7.27. The maximum atomic E-state index is 14.1. The smallest absolute Gasteiger partial charge is 0.410 e. The van der Waals surface area contributed by atoms with Crippen LogP contribution in [-0.2, 0) is 4.74 Å². The molecule has 0 aliphatic carbocycles. The van der Waals surface area contributed by atoms with E-state index in [9.17, 15) is 9.18 Å². The summed E-state index contributed by atoms with van der Waals surface area (Å²) in [5.74, 6) is -0.258. The van der Waals surface area contributed by atoms with Gasteiger partial charge in [0.2, 0.25) is 0 Å². The Kier molecular flexibility index (Phi) is 4.52. The fraction of sp³-hybridized carbons (Fsp3) is 0.562. The lowest BCUT2D eigenvalue weighted by Gasteiger charge is -2.31. The van der Waals surface area contributed by atoms with Gasteiger partial charge in [0, 0.05) is 12.1 Å². The van der Waals surface area contributed by atoms with Crippen molar-refractivity contribution in [1.29, 1.82) is 0 Å². The predicted octanol–water partition coefficient (Wildman–Crippen LogP) is 3.08. The molecule has 2 N–H and O–H groups in total. The Morgan fingerprint density at radius 2 is 2.10 bits per heavy atom. The summed E-state index contributed by atoms with van der Waals surface area (Å²) in [6.45, 7) is 6.41. The number of benzene rings is 1. The highest BCUT2D eigenvalue weighted by molar-refractivity contribution is 5.69. The van der Waals surface area contributed by atoms with Crippen LogP contribution >= 0.6 is 0 Å². The van der Waals surface area contributed by atoms with Crippen LogP contribution in [0, 0.1) is 11.7 Å². The number of amides is 1. The standard InChI is InChI=1S/C16H23FN2O2/c1-16(2,3)21-15(20)19-9-8-11(10-18)14(19)12-6-4-5-7-13(12)17/h4-7,11,14H,8-10,18H2,1-3H3. The summed E-state index contributed by atoms with van der Waals surface area (Å²) in [5, 5.41) is 0. The zero-order chi connectivity index (χ0) is 15.6. The van der Waals surface area contributed by atoms with E-state index in [1.807, 2.05) is 20.8 Å². The first-order chi connectivity index (χ1) is 9.83. The molecule has 0 radical (unpaired) electrons. The number of ether oxygens (including phenoxy) is 1. The summed E-state index contributed by atoms with van der Waals surface area (Å²) in [6, 6.07) is 6.19. The van der Waals surface area contributed by atoms with Gasteiger partial charge in [-0.05, 0) is 45.7 Å². The van der Waals surface area contributed by atoms with E-state index in [-0.39, 0.29) is 17.8 Å². The summed E-state index contributed by atoms with van der Waals surface area (Å²) >= 11 is 0. The van der Waals surface area contributed by atoms with Gasteiger partial charge in [-0.25, -0.2) is 9.18 Å². The van der Waals surface area contributed by atoms with Gasteiger partial charge in [-0.3, -0.25) is 0 Å². The minimum absolute atomic E-state index is 0.0504. The maximum absolute atomic E-state index is 14.1. The molecule has 0 aromatic heterocycles. The lowest BCUT2D eigenvalue weighted by molar-refractivity contribution is 0.0204. The number of hydrogen-bond acceptors (Lipinski definition) is 3. The summed E-state index contributed by atoms with van der Waals surface area (Å²) in [7, 11) is 0. The van der Waals surface area contributed by atoms with Crippen LogP contribution < -0.4 is 5.73 Å². The zero-order valence-electron chi connectivity index (χ0n) is 12.8. The van der Waals surface area contributed by atoms with Crippen molar-refractivity contribution in [2.75, 3.05) is 13.1 Å². The molecule has 1 aromatic carbocycles. The van der Waals surface area contributed by atoms with E-state index in [1.54, 1.807) is 23.1 Å². The van der Waals surface area contributed by atoms with E-state index in [4.69, 9.17) is 10.5 Å². The Bertz CT molecular complexity index is 513. The molecule has 1 aromatic rings. The van der Waals surface area contributed by atoms with Crippen LogP contribution in [0.2, 0.25) is 0 Å². The number of carbonyl (C=O) groups excluding carboxylic acids is 1. The predicted molar refractivity (Wildman–Crippen MR) is 79.2 cm³/mol. The van der Waals surface area contributed by atoms with E-state index in [0.29, 0.717) is 18.7 Å². The van der Waals surface area contributed by atoms with Crippen LogP contribution in [0.25, 0.3) is 0 Å². The largest absolute Gasteiger partial charge is 0.444 e. The van der Waals surface area contributed by atoms with E-state index in [0.717, 1.165) is 6.42 Å². The summed E-state index contributed by atoms with van der Waals surface area (Å²) < 4.78 is 19.5. The molecule has 1 heterocycles. The number of nitrogens with zero attached hydrogens (tertiary/aromatic N) is 1. The highest BCUT2D eigenvalue weighted by Gasteiger charge is 2.40. The molecule has 2 unspecified atom stereocenters. The third kappa shape index (κ3) is 3.53. The first-order valence-corrected chi connectivity index (χ1v) is 7.27. The average molecular weight is 294 g/mol. The molecule has 0 bridgehead atoms. The molecule has 1 aliphatic rings. The molecular formula is C16H23FN2O2. The van der Waals surface area contributed by atoms with Gasteiger partial charge in [0.05, 0.1) is 6.04 Å². The maximum Gasteiger partial charge on any atom is 0.410 e. The van der Waals surface area contributed by atoms with Gasteiger partial charge in [-0.1, -0.05) is 18.2 Å². The minimum atomic E-state index is -0.572. The molecule has 4 nitrogen and oxygen atoms in total. The lowest BCUT2D eigenvalue weighted by Crippen LogP contribution is -2.38. The van der Waals surface area contributed by atoms with Crippen LogP contribution in [0.4, 0.5) is 9.18 Å². The normalized spacial score (nSPS) is 22.4. The number of nitrogens with two attached hydrogens (primary N) is 1. The second kappa shape index (κ2) is 6.02. The fourth-order valence-corrected chi connectivity index (χ4v) is 2.77. The molecule has 1 fully saturated rings. The first kappa shape index (κ1) is 15.8. The lowest BCUT2D eigenvalue weighted by atomic mass is 9.93. The zero-order valence-corrected chi connectivity index (χ0v) is 12.8. The fourth-order valence-electron chi connectivity index (χ4n) is 2.77. The van der Waals surface area contributed by atoms with Gasteiger partial charge in [0.1, 0.15) is 11.4 Å². The molecule has 1 saturated heterocycles. The number of rotatable bonds is 2. The molecule has 0 saturated carbocycles. The average Bonchev–Trinajstić information content (AvgIpc) is 2.81. The van der Waals surface area contributed by atoms with Crippen molar-refractivity contribution in [3.05, 3.63) is 35.6 Å². The summed E-state index contributed by atoms with van der Waals surface area (Å²) in [4.78, 5) is 14.0. The Balaban J connectivity index is 2.29. The number of carbonyl (C=O) groups is 1. The highest BCUT2D eigenvalue weighted by atomic mass is 19.1. The van der Waals surface area contributed by atoms with Crippen molar-refractivity contribution >= 4 is 6.09 Å². The van der Waals surface area contributed by atoms with Crippen molar-refractivity contribution in [1.82, 2.24) is 4.90 Å². The van der Waals surface area contributed by atoms with E-state index in [2.05, 4.69) is 0 Å². The molecule has 2 rings (SSSR count). The van der Waals surface area contributed by atoms with Gasteiger partial charge in [0.15, 0.2) is 0 Å². The molecule has 1 amide bonds. The van der Waals surface area contributed by atoms with Crippen LogP contribution in [0.5, 0.6) is 0 Å². The molecule has 5 heteroatoms. The quantitative estimate of drug-likeness (QED) is 0.912. The highest BCUT2D eigenvalue weighted by Crippen LogP contribution is 2.38. The van der Waals surface area contributed by atoms with Gasteiger partial charge < -0.3 is 15.4 Å². The molecule has 116 valence electrons. The van der Waals surface area contributed by atoms with Crippen molar-refractivity contribution < 1.29 is 13.9 Å². The van der Waals surface area contributed by atoms with Crippen LogP contribution in [0.15, 0.2) is 24.3 Å². The Hall–Kier alpha value is -1.62. The molecular weight excluding hydrogens is 271 g/mol. The van der Waals surface area contributed by atoms with Crippen LogP contribution in [0.3, 0.4) is 0 Å². The van der Waals surface area contributed by atoms with Gasteiger partial charge in [0.25, 0.3) is 0 Å². The minimum Gasteiger partial charge on any atom is -0.444 e. The third-order valence-corrected chi connectivity index (χ3v) is 3.68. The topological polar surface area (TPSA) is 55.6 Å². The van der Waals surface area contributed by atoms with Gasteiger partial charge in [-0.15, -0.1) is 0 Å². The molecule has 2 atom stereocenters. The van der Waals surface area contributed by atoms with E-state index >= 15 is 0 Å². The van der Waals surface area contributed by atoms with Crippen LogP contribution in [-0.4, -0.2) is 29.7 Å². The molecule has 1 aliphatic heterocycles. The molecule has 21 heavy (non-hydrogen) atoms. The second-order valence-corrected chi connectivity index (χ2v) is 6.42. The number of hydrogen-bond donors (Lipinski definition) is 1. The third-order valence-electron chi connectivity index (χ3n) is 3.68. The summed E-state index contributed by atoms with van der Waals surface area (Å²) in [6.07, 6.45) is 0.348.